The molecule has 1 aliphatic rings. The first kappa shape index (κ1) is 21.5. The third-order valence-corrected chi connectivity index (χ3v) is 5.22. The smallest absolute Gasteiger partial charge is 0.178 e. The zero-order valence-electron chi connectivity index (χ0n) is 17.8. The predicted molar refractivity (Wildman–Crippen MR) is 111 cm³/mol. The number of aromatic hydroxyl groups is 1. The van der Waals surface area contributed by atoms with Gasteiger partial charge in [-0.05, 0) is 44.9 Å². The molecule has 30 heavy (non-hydrogen) atoms. The molecule has 0 aromatic heterocycles. The van der Waals surface area contributed by atoms with Gasteiger partial charge in [-0.1, -0.05) is 0 Å². The molecule has 3 rings (SSSR count). The molecule has 2 aromatic carbocycles. The van der Waals surface area contributed by atoms with Gasteiger partial charge in [0.2, 0.25) is 0 Å². The van der Waals surface area contributed by atoms with E-state index in [0.717, 1.165) is 0 Å². The fourth-order valence-corrected chi connectivity index (χ4v) is 3.55. The highest BCUT2D eigenvalue weighted by Crippen LogP contribution is 2.44. The van der Waals surface area contributed by atoms with Crippen LogP contribution in [0.1, 0.15) is 53.0 Å². The number of carbonyl (C=O) groups excluding carboxylic acids is 2. The Bertz CT molecular complexity index is 992. The molecule has 0 bridgehead atoms. The van der Waals surface area contributed by atoms with E-state index >= 15 is 0 Å². The van der Waals surface area contributed by atoms with Crippen molar-refractivity contribution in [3.63, 3.8) is 0 Å². The van der Waals surface area contributed by atoms with Gasteiger partial charge in [0, 0.05) is 17.2 Å². The van der Waals surface area contributed by atoms with Crippen molar-refractivity contribution in [1.82, 2.24) is 0 Å². The summed E-state index contributed by atoms with van der Waals surface area (Å²) in [5.74, 6) is 0.416. The molecule has 1 N–H and O–H groups in total. The first-order valence-corrected chi connectivity index (χ1v) is 9.61. The Balaban J connectivity index is 1.91. The van der Waals surface area contributed by atoms with Crippen molar-refractivity contribution in [3.8, 4) is 28.7 Å². The van der Waals surface area contributed by atoms with Gasteiger partial charge in [-0.25, -0.2) is 0 Å². The number of rotatable bonds is 7. The van der Waals surface area contributed by atoms with Gasteiger partial charge in [-0.2, -0.15) is 0 Å². The van der Waals surface area contributed by atoms with E-state index in [4.69, 9.17) is 18.9 Å². The predicted octanol–water partition coefficient (Wildman–Crippen LogP) is 3.98. The number of ether oxygens (including phenoxy) is 4. The van der Waals surface area contributed by atoms with Crippen molar-refractivity contribution in [2.75, 3.05) is 21.3 Å². The van der Waals surface area contributed by atoms with E-state index in [9.17, 15) is 14.7 Å². The van der Waals surface area contributed by atoms with Crippen LogP contribution in [0.5, 0.6) is 28.7 Å². The topological polar surface area (TPSA) is 91.3 Å². The molecule has 0 radical (unpaired) electrons. The quantitative estimate of drug-likeness (QED) is 0.541. The number of benzene rings is 2. The number of methoxy groups -OCH3 is 3. The molecule has 0 aliphatic carbocycles. The minimum Gasteiger partial charge on any atom is -0.507 e. The van der Waals surface area contributed by atoms with Crippen LogP contribution in [0.2, 0.25) is 0 Å². The average Bonchev–Trinajstić information content (AvgIpc) is 2.71. The summed E-state index contributed by atoms with van der Waals surface area (Å²) in [7, 11) is 4.37. The minimum atomic E-state index is -0.531. The normalized spacial score (nSPS) is 14.3. The lowest BCUT2D eigenvalue weighted by atomic mass is 9.90. The van der Waals surface area contributed by atoms with E-state index in [-0.39, 0.29) is 22.7 Å². The summed E-state index contributed by atoms with van der Waals surface area (Å²) in [5, 5.41) is 10.8. The maximum Gasteiger partial charge on any atom is 0.178 e. The van der Waals surface area contributed by atoms with Crippen LogP contribution >= 0.6 is 0 Å². The fraction of sp³-hybridized carbons (Fsp3) is 0.391. The van der Waals surface area contributed by atoms with Crippen LogP contribution in [0.4, 0.5) is 0 Å². The Kier molecular flexibility index (Phi) is 5.92. The van der Waals surface area contributed by atoms with Crippen LogP contribution in [-0.2, 0) is 6.42 Å². The largest absolute Gasteiger partial charge is 0.507 e. The lowest BCUT2D eigenvalue weighted by Crippen LogP contribution is -2.32. The number of Topliss-reactive ketones (excluding diaryl/α,β-unsaturated/α-hetero) is 2. The molecule has 2 aromatic rings. The molecule has 0 amide bonds. The zero-order valence-corrected chi connectivity index (χ0v) is 17.8. The van der Waals surface area contributed by atoms with E-state index in [1.165, 1.54) is 27.4 Å². The first-order valence-electron chi connectivity index (χ1n) is 9.61. The van der Waals surface area contributed by atoms with Crippen molar-refractivity contribution in [2.45, 2.75) is 38.7 Å². The standard InChI is InChI=1S/C23H26O7/c1-23(2)9-8-14-18(30-23)12-20(29-5)21(22(14)26)16(25)11-15(24)13-6-7-17(27-3)19(10-13)28-4/h6-7,10,12,26H,8-9,11H2,1-5H3. The summed E-state index contributed by atoms with van der Waals surface area (Å²) in [5.41, 5.74) is 0.479. The number of carbonyl (C=O) groups is 2. The summed E-state index contributed by atoms with van der Waals surface area (Å²) in [6.45, 7) is 3.92. The van der Waals surface area contributed by atoms with Crippen LogP contribution in [0, 0.1) is 0 Å². The Labute approximate surface area is 175 Å². The van der Waals surface area contributed by atoms with E-state index < -0.39 is 18.0 Å². The third kappa shape index (κ3) is 4.06. The summed E-state index contributed by atoms with van der Waals surface area (Å²) < 4.78 is 21.6. The van der Waals surface area contributed by atoms with Gasteiger partial charge in [-0.15, -0.1) is 0 Å². The zero-order chi connectivity index (χ0) is 22.1. The highest BCUT2D eigenvalue weighted by Gasteiger charge is 2.33. The van der Waals surface area contributed by atoms with E-state index in [0.29, 0.717) is 41.2 Å². The second-order valence-electron chi connectivity index (χ2n) is 7.73. The van der Waals surface area contributed by atoms with Crippen LogP contribution in [0.3, 0.4) is 0 Å². The van der Waals surface area contributed by atoms with Gasteiger partial charge in [-0.3, -0.25) is 9.59 Å². The molecule has 1 aliphatic heterocycles. The first-order chi connectivity index (χ1) is 14.2. The maximum atomic E-state index is 13.0. The van der Waals surface area contributed by atoms with Crippen molar-refractivity contribution in [2.24, 2.45) is 0 Å². The molecule has 7 heteroatoms. The van der Waals surface area contributed by atoms with Gasteiger partial charge >= 0.3 is 0 Å². The molecule has 160 valence electrons. The average molecular weight is 414 g/mol. The molecule has 0 atom stereocenters. The number of ketones is 2. The van der Waals surface area contributed by atoms with Gasteiger partial charge < -0.3 is 24.1 Å². The van der Waals surface area contributed by atoms with Crippen LogP contribution < -0.4 is 18.9 Å². The number of hydrogen-bond donors (Lipinski definition) is 1. The van der Waals surface area contributed by atoms with Crippen LogP contribution in [0.25, 0.3) is 0 Å². The molecule has 0 saturated carbocycles. The van der Waals surface area contributed by atoms with Crippen LogP contribution in [0.15, 0.2) is 24.3 Å². The van der Waals surface area contributed by atoms with Crippen molar-refractivity contribution < 1.29 is 33.6 Å². The van der Waals surface area contributed by atoms with Gasteiger partial charge in [0.1, 0.15) is 28.4 Å². The number of hydrogen-bond acceptors (Lipinski definition) is 7. The van der Waals surface area contributed by atoms with Gasteiger partial charge in [0.25, 0.3) is 0 Å². The lowest BCUT2D eigenvalue weighted by Gasteiger charge is -2.33. The molecular weight excluding hydrogens is 388 g/mol. The van der Waals surface area contributed by atoms with Gasteiger partial charge in [0.05, 0.1) is 27.8 Å². The molecule has 0 spiro atoms. The summed E-state index contributed by atoms with van der Waals surface area (Å²) in [6, 6.07) is 6.29. The monoisotopic (exact) mass is 414 g/mol. The van der Waals surface area contributed by atoms with Crippen LogP contribution in [-0.4, -0.2) is 43.6 Å². The molecule has 0 unspecified atom stereocenters. The maximum absolute atomic E-state index is 13.0. The van der Waals surface area contributed by atoms with E-state index in [1.807, 2.05) is 13.8 Å². The highest BCUT2D eigenvalue weighted by atomic mass is 16.5. The summed E-state index contributed by atoms with van der Waals surface area (Å²) in [4.78, 5) is 25.7. The summed E-state index contributed by atoms with van der Waals surface area (Å²) >= 11 is 0. The minimum absolute atomic E-state index is 0.00613. The van der Waals surface area contributed by atoms with Crippen molar-refractivity contribution in [3.05, 3.63) is 41.0 Å². The Morgan fingerprint density at radius 2 is 1.67 bits per heavy atom. The Morgan fingerprint density at radius 1 is 1.00 bits per heavy atom. The molecule has 7 nitrogen and oxygen atoms in total. The molecule has 1 heterocycles. The highest BCUT2D eigenvalue weighted by molar-refractivity contribution is 6.15. The number of phenols is 1. The second kappa shape index (κ2) is 8.26. The number of fused-ring (bicyclic) bond motifs is 1. The molecular formula is C23H26O7. The fourth-order valence-electron chi connectivity index (χ4n) is 3.55. The van der Waals surface area contributed by atoms with E-state index in [2.05, 4.69) is 0 Å². The van der Waals surface area contributed by atoms with Crippen molar-refractivity contribution >= 4 is 11.6 Å². The van der Waals surface area contributed by atoms with E-state index in [1.54, 1.807) is 18.2 Å². The SMILES string of the molecule is COc1ccc(C(=O)CC(=O)c2c(OC)cc3c(c2O)CCC(C)(C)O3)cc1OC. The third-order valence-electron chi connectivity index (χ3n) is 5.22. The molecule has 0 fully saturated rings. The van der Waals surface area contributed by atoms with Crippen molar-refractivity contribution in [1.29, 1.82) is 0 Å². The summed E-state index contributed by atoms with van der Waals surface area (Å²) in [6.07, 6.45) is 0.824. The Morgan fingerprint density at radius 3 is 2.30 bits per heavy atom. The second-order valence-corrected chi connectivity index (χ2v) is 7.73. The number of phenolic OH excluding ortho intramolecular Hbond substituents is 1. The Hall–Kier alpha value is -3.22. The lowest BCUT2D eigenvalue weighted by molar-refractivity contribution is 0.0829. The molecule has 0 saturated heterocycles. The van der Waals surface area contributed by atoms with Gasteiger partial charge in [0.15, 0.2) is 23.1 Å².